The molecule has 2 unspecified atom stereocenters. The molecular weight excluding hydrogens is 258 g/mol. The van der Waals surface area contributed by atoms with E-state index in [1.54, 1.807) is 0 Å². The van der Waals surface area contributed by atoms with E-state index in [9.17, 15) is 0 Å². The Morgan fingerprint density at radius 3 is 2.52 bits per heavy atom. The Labute approximate surface area is 127 Å². The van der Waals surface area contributed by atoms with Crippen LogP contribution >= 0.6 is 0 Å². The minimum atomic E-state index is 0.216. The zero-order chi connectivity index (χ0) is 14.8. The SMILES string of the molecule is CNC(Cc1cc(C)cc(C)c1)C1Cc2ccccc2O1. The number of nitrogens with one attached hydrogen (secondary N) is 1. The van der Waals surface area contributed by atoms with Crippen molar-refractivity contribution in [1.82, 2.24) is 5.32 Å². The second-order valence-electron chi connectivity index (χ2n) is 6.06. The van der Waals surface area contributed by atoms with E-state index in [1.807, 2.05) is 13.1 Å². The second-order valence-corrected chi connectivity index (χ2v) is 6.06. The van der Waals surface area contributed by atoms with Gasteiger partial charge < -0.3 is 10.1 Å². The fraction of sp³-hybridized carbons (Fsp3) is 0.368. The molecule has 110 valence electrons. The first kappa shape index (κ1) is 14.2. The normalized spacial score (nSPS) is 18.1. The number of fused-ring (bicyclic) bond motifs is 1. The Balaban J connectivity index is 1.75. The summed E-state index contributed by atoms with van der Waals surface area (Å²) in [6.45, 7) is 4.32. The van der Waals surface area contributed by atoms with Gasteiger partial charge in [-0.05, 0) is 44.5 Å². The van der Waals surface area contributed by atoms with Crippen molar-refractivity contribution in [3.05, 3.63) is 64.7 Å². The summed E-state index contributed by atoms with van der Waals surface area (Å²) in [6.07, 6.45) is 2.21. The first-order valence-corrected chi connectivity index (χ1v) is 7.64. The van der Waals surface area contributed by atoms with Crippen molar-refractivity contribution < 1.29 is 4.74 Å². The lowest BCUT2D eigenvalue weighted by molar-refractivity contribution is 0.182. The van der Waals surface area contributed by atoms with Crippen molar-refractivity contribution in [1.29, 1.82) is 0 Å². The van der Waals surface area contributed by atoms with Crippen molar-refractivity contribution >= 4 is 0 Å². The van der Waals surface area contributed by atoms with Crippen LogP contribution in [0, 0.1) is 13.8 Å². The zero-order valence-electron chi connectivity index (χ0n) is 13.0. The second kappa shape index (κ2) is 5.90. The molecule has 0 spiro atoms. The van der Waals surface area contributed by atoms with Crippen LogP contribution in [0.3, 0.4) is 0 Å². The van der Waals surface area contributed by atoms with Crippen LogP contribution < -0.4 is 10.1 Å². The fourth-order valence-corrected chi connectivity index (χ4v) is 3.29. The summed E-state index contributed by atoms with van der Waals surface area (Å²) in [5.41, 5.74) is 5.36. The maximum Gasteiger partial charge on any atom is 0.123 e. The van der Waals surface area contributed by atoms with Crippen LogP contribution in [0.25, 0.3) is 0 Å². The molecule has 1 aliphatic rings. The monoisotopic (exact) mass is 281 g/mol. The standard InChI is InChI=1S/C19H23NO/c1-13-8-14(2)10-15(9-13)11-17(20-3)19-12-16-6-4-5-7-18(16)21-19/h4-10,17,19-20H,11-12H2,1-3H3. The lowest BCUT2D eigenvalue weighted by Gasteiger charge is -2.23. The van der Waals surface area contributed by atoms with E-state index in [-0.39, 0.29) is 6.10 Å². The van der Waals surface area contributed by atoms with E-state index in [1.165, 1.54) is 22.3 Å². The van der Waals surface area contributed by atoms with Crippen LogP contribution in [0.5, 0.6) is 5.75 Å². The van der Waals surface area contributed by atoms with Gasteiger partial charge in [0.05, 0.1) is 0 Å². The summed E-state index contributed by atoms with van der Waals surface area (Å²) in [4.78, 5) is 0. The third kappa shape index (κ3) is 3.11. The molecule has 0 saturated carbocycles. The van der Waals surface area contributed by atoms with Crippen molar-refractivity contribution in [2.24, 2.45) is 0 Å². The van der Waals surface area contributed by atoms with Gasteiger partial charge in [0.15, 0.2) is 0 Å². The molecule has 0 fully saturated rings. The molecule has 0 bridgehead atoms. The van der Waals surface area contributed by atoms with Gasteiger partial charge in [0.25, 0.3) is 0 Å². The number of rotatable bonds is 4. The van der Waals surface area contributed by atoms with Gasteiger partial charge in [-0.25, -0.2) is 0 Å². The van der Waals surface area contributed by atoms with Gasteiger partial charge in [-0.15, -0.1) is 0 Å². The average molecular weight is 281 g/mol. The van der Waals surface area contributed by atoms with Gasteiger partial charge in [-0.2, -0.15) is 0 Å². The maximum absolute atomic E-state index is 6.13. The van der Waals surface area contributed by atoms with Crippen molar-refractivity contribution in [3.63, 3.8) is 0 Å². The number of para-hydroxylation sites is 1. The zero-order valence-corrected chi connectivity index (χ0v) is 13.0. The summed E-state index contributed by atoms with van der Waals surface area (Å²) in [6, 6.07) is 15.5. The van der Waals surface area contributed by atoms with Crippen molar-refractivity contribution in [2.45, 2.75) is 38.8 Å². The molecule has 2 heteroatoms. The predicted molar refractivity (Wildman–Crippen MR) is 87.0 cm³/mol. The quantitative estimate of drug-likeness (QED) is 0.927. The Kier molecular flexibility index (Phi) is 3.98. The molecule has 0 radical (unpaired) electrons. The van der Waals surface area contributed by atoms with Crippen LogP contribution in [0.15, 0.2) is 42.5 Å². The maximum atomic E-state index is 6.13. The number of hydrogen-bond acceptors (Lipinski definition) is 2. The number of hydrogen-bond donors (Lipinski definition) is 1. The molecule has 21 heavy (non-hydrogen) atoms. The van der Waals surface area contributed by atoms with Gasteiger partial charge in [0, 0.05) is 12.5 Å². The van der Waals surface area contributed by atoms with Crippen LogP contribution in [-0.2, 0) is 12.8 Å². The van der Waals surface area contributed by atoms with Gasteiger partial charge in [-0.3, -0.25) is 0 Å². The Morgan fingerprint density at radius 1 is 1.14 bits per heavy atom. The highest BCUT2D eigenvalue weighted by molar-refractivity contribution is 5.38. The molecule has 2 atom stereocenters. The van der Waals surface area contributed by atoms with Gasteiger partial charge in [0.2, 0.25) is 0 Å². The molecule has 3 rings (SSSR count). The molecule has 0 saturated heterocycles. The Morgan fingerprint density at radius 2 is 1.86 bits per heavy atom. The third-order valence-electron chi connectivity index (χ3n) is 4.23. The lowest BCUT2D eigenvalue weighted by Crippen LogP contribution is -2.42. The van der Waals surface area contributed by atoms with Crippen LogP contribution in [0.1, 0.15) is 22.3 Å². The minimum absolute atomic E-state index is 0.216. The van der Waals surface area contributed by atoms with Gasteiger partial charge >= 0.3 is 0 Å². The molecule has 0 aliphatic carbocycles. The Hall–Kier alpha value is -1.80. The van der Waals surface area contributed by atoms with E-state index >= 15 is 0 Å². The molecule has 2 nitrogen and oxygen atoms in total. The Bertz CT molecular complexity index is 590. The first-order chi connectivity index (χ1) is 10.2. The van der Waals surface area contributed by atoms with Crippen LogP contribution in [0.4, 0.5) is 0 Å². The first-order valence-electron chi connectivity index (χ1n) is 7.64. The summed E-state index contributed by atoms with van der Waals surface area (Å²) in [7, 11) is 2.03. The van der Waals surface area contributed by atoms with Crippen molar-refractivity contribution in [2.75, 3.05) is 7.05 Å². The van der Waals surface area contributed by atoms with E-state index < -0.39 is 0 Å². The van der Waals surface area contributed by atoms with E-state index in [0.717, 1.165) is 18.6 Å². The summed E-state index contributed by atoms with van der Waals surface area (Å²) in [5.74, 6) is 1.04. The fourth-order valence-electron chi connectivity index (χ4n) is 3.29. The van der Waals surface area contributed by atoms with Crippen LogP contribution in [0.2, 0.25) is 0 Å². The topological polar surface area (TPSA) is 21.3 Å². The lowest BCUT2D eigenvalue weighted by atomic mass is 9.96. The number of ether oxygens (including phenoxy) is 1. The summed E-state index contributed by atoms with van der Waals surface area (Å²) < 4.78 is 6.13. The number of aryl methyl sites for hydroxylation is 2. The predicted octanol–water partition coefficient (Wildman–Crippen LogP) is 3.44. The molecular formula is C19H23NO. The molecule has 0 aromatic heterocycles. The van der Waals surface area contributed by atoms with Crippen molar-refractivity contribution in [3.8, 4) is 5.75 Å². The minimum Gasteiger partial charge on any atom is -0.488 e. The molecule has 2 aromatic carbocycles. The number of benzene rings is 2. The average Bonchev–Trinajstić information content (AvgIpc) is 2.87. The smallest absolute Gasteiger partial charge is 0.123 e. The highest BCUT2D eigenvalue weighted by Gasteiger charge is 2.29. The van der Waals surface area contributed by atoms with Crippen LogP contribution in [-0.4, -0.2) is 19.2 Å². The van der Waals surface area contributed by atoms with E-state index in [0.29, 0.717) is 6.04 Å². The number of likely N-dealkylation sites (N-methyl/N-ethyl adjacent to an activating group) is 1. The highest BCUT2D eigenvalue weighted by atomic mass is 16.5. The molecule has 1 N–H and O–H groups in total. The van der Waals surface area contributed by atoms with E-state index in [4.69, 9.17) is 4.74 Å². The summed E-state index contributed by atoms with van der Waals surface area (Å²) >= 11 is 0. The largest absolute Gasteiger partial charge is 0.488 e. The summed E-state index contributed by atoms with van der Waals surface area (Å²) in [5, 5.41) is 3.44. The third-order valence-corrected chi connectivity index (χ3v) is 4.23. The molecule has 0 amide bonds. The van der Waals surface area contributed by atoms with E-state index in [2.05, 4.69) is 55.6 Å². The molecule has 1 aliphatic heterocycles. The highest BCUT2D eigenvalue weighted by Crippen LogP contribution is 2.30. The molecule has 2 aromatic rings. The van der Waals surface area contributed by atoms with Gasteiger partial charge in [0.1, 0.15) is 11.9 Å². The van der Waals surface area contributed by atoms with Gasteiger partial charge in [-0.1, -0.05) is 47.5 Å². The molecule has 1 heterocycles.